The van der Waals surface area contributed by atoms with Gasteiger partial charge in [0.2, 0.25) is 0 Å². The third kappa shape index (κ3) is 4.09. The number of imidazole rings is 1. The molecule has 1 heterocycles. The summed E-state index contributed by atoms with van der Waals surface area (Å²) in [5, 5.41) is 3.89. The molecule has 1 amide bonds. The van der Waals surface area contributed by atoms with E-state index in [0.717, 1.165) is 27.9 Å². The third-order valence-corrected chi connectivity index (χ3v) is 5.58. The van der Waals surface area contributed by atoms with Crippen LogP contribution in [0.25, 0.3) is 28.3 Å². The SMILES string of the molecule is CNC(=O)c1nc(-c2cccc(C)c2)n(-c2cc(Cl)ccc2C)c1-c1cccc(Cl)c1. The van der Waals surface area contributed by atoms with E-state index in [9.17, 15) is 4.79 Å². The van der Waals surface area contributed by atoms with Crippen LogP contribution in [-0.4, -0.2) is 22.5 Å². The topological polar surface area (TPSA) is 46.9 Å². The number of hydrogen-bond acceptors (Lipinski definition) is 2. The molecule has 4 aromatic rings. The van der Waals surface area contributed by atoms with Crippen LogP contribution in [0.15, 0.2) is 66.7 Å². The Labute approximate surface area is 191 Å². The van der Waals surface area contributed by atoms with E-state index in [1.165, 1.54) is 0 Å². The lowest BCUT2D eigenvalue weighted by Crippen LogP contribution is -2.19. The minimum absolute atomic E-state index is 0.276. The highest BCUT2D eigenvalue weighted by Crippen LogP contribution is 2.36. The quantitative estimate of drug-likeness (QED) is 0.386. The van der Waals surface area contributed by atoms with Crippen molar-refractivity contribution in [2.75, 3.05) is 7.05 Å². The molecule has 0 aliphatic rings. The fraction of sp³-hybridized carbons (Fsp3) is 0.120. The molecule has 31 heavy (non-hydrogen) atoms. The van der Waals surface area contributed by atoms with Crippen molar-refractivity contribution in [3.63, 3.8) is 0 Å². The highest BCUT2D eigenvalue weighted by molar-refractivity contribution is 6.31. The Kier molecular flexibility index (Phi) is 5.86. The summed E-state index contributed by atoms with van der Waals surface area (Å²) in [4.78, 5) is 17.7. The van der Waals surface area contributed by atoms with E-state index in [1.54, 1.807) is 13.1 Å². The van der Waals surface area contributed by atoms with Gasteiger partial charge in [-0.3, -0.25) is 9.36 Å². The van der Waals surface area contributed by atoms with Gasteiger partial charge in [-0.05, 0) is 49.7 Å². The van der Waals surface area contributed by atoms with Crippen LogP contribution in [-0.2, 0) is 0 Å². The molecule has 1 N–H and O–H groups in total. The van der Waals surface area contributed by atoms with Crippen LogP contribution < -0.4 is 5.32 Å². The van der Waals surface area contributed by atoms with Crippen LogP contribution in [0.2, 0.25) is 10.0 Å². The molecule has 0 atom stereocenters. The minimum atomic E-state index is -0.276. The Morgan fingerprint density at radius 2 is 1.61 bits per heavy atom. The first-order valence-corrected chi connectivity index (χ1v) is 10.6. The lowest BCUT2D eigenvalue weighted by Gasteiger charge is -2.16. The first kappa shape index (κ1) is 21.2. The summed E-state index contributed by atoms with van der Waals surface area (Å²) in [6.45, 7) is 4.03. The summed E-state index contributed by atoms with van der Waals surface area (Å²) in [6, 6.07) is 21.2. The normalized spacial score (nSPS) is 10.9. The highest BCUT2D eigenvalue weighted by Gasteiger charge is 2.26. The predicted molar refractivity (Wildman–Crippen MR) is 127 cm³/mol. The van der Waals surface area contributed by atoms with E-state index < -0.39 is 0 Å². The lowest BCUT2D eigenvalue weighted by molar-refractivity contribution is 0.0959. The van der Waals surface area contributed by atoms with Crippen LogP contribution in [0, 0.1) is 13.8 Å². The van der Waals surface area contributed by atoms with Crippen LogP contribution in [0.5, 0.6) is 0 Å². The second kappa shape index (κ2) is 8.58. The van der Waals surface area contributed by atoms with Crippen molar-refractivity contribution in [2.45, 2.75) is 13.8 Å². The minimum Gasteiger partial charge on any atom is -0.354 e. The number of aryl methyl sites for hydroxylation is 2. The summed E-state index contributed by atoms with van der Waals surface area (Å²) in [5.74, 6) is 0.380. The fourth-order valence-corrected chi connectivity index (χ4v) is 3.99. The van der Waals surface area contributed by atoms with Gasteiger partial charge in [0.25, 0.3) is 5.91 Å². The van der Waals surface area contributed by atoms with E-state index in [4.69, 9.17) is 28.2 Å². The van der Waals surface area contributed by atoms with Crippen molar-refractivity contribution >= 4 is 29.1 Å². The van der Waals surface area contributed by atoms with E-state index in [0.29, 0.717) is 27.3 Å². The zero-order valence-corrected chi connectivity index (χ0v) is 18.9. The average molecular weight is 450 g/mol. The summed E-state index contributed by atoms with van der Waals surface area (Å²) < 4.78 is 1.99. The molecule has 0 spiro atoms. The maximum Gasteiger partial charge on any atom is 0.271 e. The van der Waals surface area contributed by atoms with Crippen molar-refractivity contribution in [2.24, 2.45) is 0 Å². The summed E-state index contributed by atoms with van der Waals surface area (Å²) >= 11 is 12.7. The monoisotopic (exact) mass is 449 g/mol. The van der Waals surface area contributed by atoms with Crippen LogP contribution >= 0.6 is 23.2 Å². The molecule has 0 radical (unpaired) electrons. The Hall–Kier alpha value is -3.08. The van der Waals surface area contributed by atoms with Gasteiger partial charge in [-0.2, -0.15) is 0 Å². The molecule has 3 aromatic carbocycles. The van der Waals surface area contributed by atoms with E-state index in [-0.39, 0.29) is 5.91 Å². The largest absolute Gasteiger partial charge is 0.354 e. The van der Waals surface area contributed by atoms with Crippen molar-refractivity contribution in [1.82, 2.24) is 14.9 Å². The Balaban J connectivity index is 2.16. The van der Waals surface area contributed by atoms with Gasteiger partial charge in [-0.15, -0.1) is 0 Å². The first-order chi connectivity index (χ1) is 14.9. The van der Waals surface area contributed by atoms with E-state index in [2.05, 4.69) is 5.32 Å². The number of halogens is 2. The predicted octanol–water partition coefficient (Wildman–Crippen LogP) is 6.49. The molecular weight excluding hydrogens is 429 g/mol. The average Bonchev–Trinajstić information content (AvgIpc) is 3.15. The second-order valence-electron chi connectivity index (χ2n) is 7.36. The van der Waals surface area contributed by atoms with Gasteiger partial charge < -0.3 is 5.32 Å². The summed E-state index contributed by atoms with van der Waals surface area (Å²) in [6.07, 6.45) is 0. The van der Waals surface area contributed by atoms with Gasteiger partial charge in [-0.25, -0.2) is 4.98 Å². The molecule has 0 fully saturated rings. The molecule has 0 unspecified atom stereocenters. The zero-order valence-electron chi connectivity index (χ0n) is 17.4. The molecular formula is C25H21Cl2N3O. The molecule has 0 aliphatic carbocycles. The summed E-state index contributed by atoms with van der Waals surface area (Å²) in [7, 11) is 1.60. The molecule has 6 heteroatoms. The number of amides is 1. The zero-order chi connectivity index (χ0) is 22.1. The van der Waals surface area contributed by atoms with Gasteiger partial charge in [0, 0.05) is 28.2 Å². The molecule has 1 aromatic heterocycles. The maximum atomic E-state index is 12.9. The number of carbonyl (C=O) groups excluding carboxylic acids is 1. The summed E-state index contributed by atoms with van der Waals surface area (Å²) in [5.41, 5.74) is 5.61. The van der Waals surface area contributed by atoms with Crippen molar-refractivity contribution in [1.29, 1.82) is 0 Å². The molecule has 0 bridgehead atoms. The van der Waals surface area contributed by atoms with Gasteiger partial charge in [-0.1, -0.05) is 65.2 Å². The number of rotatable bonds is 4. The van der Waals surface area contributed by atoms with Crippen molar-refractivity contribution in [3.8, 4) is 28.3 Å². The number of aromatic nitrogens is 2. The Bertz CT molecular complexity index is 1290. The number of hydrogen-bond donors (Lipinski definition) is 1. The fourth-order valence-electron chi connectivity index (χ4n) is 3.63. The molecule has 0 aliphatic heterocycles. The first-order valence-electron chi connectivity index (χ1n) is 9.83. The molecule has 4 nitrogen and oxygen atoms in total. The van der Waals surface area contributed by atoms with E-state index in [1.807, 2.05) is 79.1 Å². The van der Waals surface area contributed by atoms with Gasteiger partial charge >= 0.3 is 0 Å². The number of carbonyl (C=O) groups is 1. The van der Waals surface area contributed by atoms with Gasteiger partial charge in [0.05, 0.1) is 11.4 Å². The Morgan fingerprint density at radius 3 is 2.32 bits per heavy atom. The molecule has 0 saturated carbocycles. The molecule has 156 valence electrons. The molecule has 0 saturated heterocycles. The number of nitrogens with zero attached hydrogens (tertiary/aromatic N) is 2. The Morgan fingerprint density at radius 1 is 0.903 bits per heavy atom. The highest BCUT2D eigenvalue weighted by atomic mass is 35.5. The third-order valence-electron chi connectivity index (χ3n) is 5.11. The molecule has 4 rings (SSSR count). The van der Waals surface area contributed by atoms with Crippen molar-refractivity contribution < 1.29 is 4.79 Å². The van der Waals surface area contributed by atoms with Crippen LogP contribution in [0.1, 0.15) is 21.6 Å². The number of nitrogens with one attached hydrogen (secondary N) is 1. The van der Waals surface area contributed by atoms with E-state index >= 15 is 0 Å². The van der Waals surface area contributed by atoms with Crippen molar-refractivity contribution in [3.05, 3.63) is 93.6 Å². The number of benzene rings is 3. The standard InChI is InChI=1S/C25H21Cl2N3O/c1-15-6-4-8-18(12-15)24-29-22(25(31)28-3)23(17-7-5-9-19(26)13-17)30(24)21-14-20(27)11-10-16(21)2/h4-14H,1-3H3,(H,28,31). The van der Waals surface area contributed by atoms with Crippen LogP contribution in [0.4, 0.5) is 0 Å². The van der Waals surface area contributed by atoms with Crippen LogP contribution in [0.3, 0.4) is 0 Å². The smallest absolute Gasteiger partial charge is 0.271 e. The lowest BCUT2D eigenvalue weighted by atomic mass is 10.1. The van der Waals surface area contributed by atoms with Gasteiger partial charge in [0.1, 0.15) is 5.82 Å². The van der Waals surface area contributed by atoms with Gasteiger partial charge in [0.15, 0.2) is 5.69 Å². The maximum absolute atomic E-state index is 12.9. The second-order valence-corrected chi connectivity index (χ2v) is 8.23.